The van der Waals surface area contributed by atoms with Gasteiger partial charge < -0.3 is 10.1 Å². The van der Waals surface area contributed by atoms with Gasteiger partial charge in [0, 0.05) is 19.0 Å². The Morgan fingerprint density at radius 3 is 2.55 bits per heavy atom. The third-order valence-corrected chi connectivity index (χ3v) is 3.12. The van der Waals surface area contributed by atoms with Gasteiger partial charge in [-0.15, -0.1) is 0 Å². The van der Waals surface area contributed by atoms with Crippen LogP contribution in [0.25, 0.3) is 11.3 Å². The lowest BCUT2D eigenvalue weighted by Gasteiger charge is -2.21. The predicted molar refractivity (Wildman–Crippen MR) is 78.4 cm³/mol. The Balaban J connectivity index is 1.99. The molecule has 0 spiro atoms. The zero-order valence-electron chi connectivity index (χ0n) is 11.9. The number of hydrogen-bond donors (Lipinski definition) is 2. The standard InChI is InChI=1S/C15H19N3O2/c1-15(2,20-3)10-14(19)17-12-6-4-11(5-7-12)13-8-9-16-18-13/h4-9H,10H2,1-3H3,(H,16,18)(H,17,19). The molecule has 5 heteroatoms. The number of hydrogen-bond acceptors (Lipinski definition) is 3. The zero-order valence-corrected chi connectivity index (χ0v) is 11.9. The van der Waals surface area contributed by atoms with E-state index in [0.717, 1.165) is 16.9 Å². The maximum Gasteiger partial charge on any atom is 0.227 e. The van der Waals surface area contributed by atoms with E-state index in [1.165, 1.54) is 0 Å². The van der Waals surface area contributed by atoms with E-state index in [9.17, 15) is 4.79 Å². The maximum absolute atomic E-state index is 11.9. The molecule has 0 saturated heterocycles. The number of benzene rings is 1. The first kappa shape index (κ1) is 14.3. The summed E-state index contributed by atoms with van der Waals surface area (Å²) in [5.74, 6) is -0.0638. The molecule has 0 aliphatic heterocycles. The van der Waals surface area contributed by atoms with Crippen LogP contribution in [0.2, 0.25) is 0 Å². The molecular formula is C15H19N3O2. The fourth-order valence-electron chi connectivity index (χ4n) is 1.81. The van der Waals surface area contributed by atoms with Crippen molar-refractivity contribution in [3.05, 3.63) is 36.5 Å². The van der Waals surface area contributed by atoms with E-state index in [0.29, 0.717) is 6.42 Å². The first-order valence-corrected chi connectivity index (χ1v) is 6.45. The second-order valence-corrected chi connectivity index (χ2v) is 5.24. The summed E-state index contributed by atoms with van der Waals surface area (Å²) in [6.07, 6.45) is 2.02. The molecule has 1 heterocycles. The van der Waals surface area contributed by atoms with Crippen molar-refractivity contribution in [1.82, 2.24) is 10.2 Å². The lowest BCUT2D eigenvalue weighted by molar-refractivity contribution is -0.121. The van der Waals surface area contributed by atoms with E-state index < -0.39 is 5.60 Å². The second kappa shape index (κ2) is 5.88. The van der Waals surface area contributed by atoms with Gasteiger partial charge in [0.2, 0.25) is 5.91 Å². The Bertz CT molecular complexity index is 559. The van der Waals surface area contributed by atoms with Crippen molar-refractivity contribution in [2.24, 2.45) is 0 Å². The molecule has 2 rings (SSSR count). The Kier molecular flexibility index (Phi) is 4.20. The van der Waals surface area contributed by atoms with Crippen molar-refractivity contribution in [1.29, 1.82) is 0 Å². The number of nitrogens with one attached hydrogen (secondary N) is 2. The molecule has 0 unspecified atom stereocenters. The van der Waals surface area contributed by atoms with Gasteiger partial charge in [-0.1, -0.05) is 12.1 Å². The van der Waals surface area contributed by atoms with Crippen LogP contribution in [0.1, 0.15) is 20.3 Å². The highest BCUT2D eigenvalue weighted by Crippen LogP contribution is 2.20. The van der Waals surface area contributed by atoms with Gasteiger partial charge in [-0.25, -0.2) is 0 Å². The van der Waals surface area contributed by atoms with Gasteiger partial charge in [0.05, 0.1) is 17.7 Å². The smallest absolute Gasteiger partial charge is 0.227 e. The number of carbonyl (C=O) groups is 1. The average molecular weight is 273 g/mol. The van der Waals surface area contributed by atoms with Crippen LogP contribution >= 0.6 is 0 Å². The molecule has 0 radical (unpaired) electrons. The maximum atomic E-state index is 11.9. The predicted octanol–water partition coefficient (Wildman–Crippen LogP) is 2.83. The molecule has 0 aliphatic carbocycles. The van der Waals surface area contributed by atoms with Crippen LogP contribution in [-0.4, -0.2) is 28.8 Å². The molecule has 5 nitrogen and oxygen atoms in total. The fraction of sp³-hybridized carbons (Fsp3) is 0.333. The highest BCUT2D eigenvalue weighted by atomic mass is 16.5. The first-order chi connectivity index (χ1) is 9.50. The summed E-state index contributed by atoms with van der Waals surface area (Å²) in [4.78, 5) is 11.9. The molecule has 0 atom stereocenters. The highest BCUT2D eigenvalue weighted by Gasteiger charge is 2.20. The number of carbonyl (C=O) groups excluding carboxylic acids is 1. The number of anilines is 1. The van der Waals surface area contributed by atoms with E-state index >= 15 is 0 Å². The molecule has 0 aliphatic rings. The van der Waals surface area contributed by atoms with Crippen LogP contribution in [-0.2, 0) is 9.53 Å². The Morgan fingerprint density at radius 1 is 1.30 bits per heavy atom. The van der Waals surface area contributed by atoms with Gasteiger partial charge in [0.25, 0.3) is 0 Å². The quantitative estimate of drug-likeness (QED) is 0.880. The molecule has 1 aromatic heterocycles. The van der Waals surface area contributed by atoms with Crippen LogP contribution in [0, 0.1) is 0 Å². The topological polar surface area (TPSA) is 67.0 Å². The van der Waals surface area contributed by atoms with Gasteiger partial charge in [-0.05, 0) is 37.6 Å². The largest absolute Gasteiger partial charge is 0.378 e. The lowest BCUT2D eigenvalue weighted by atomic mass is 10.0. The zero-order chi connectivity index (χ0) is 14.6. The molecule has 106 valence electrons. The lowest BCUT2D eigenvalue weighted by Crippen LogP contribution is -2.29. The van der Waals surface area contributed by atoms with Crippen molar-refractivity contribution in [2.45, 2.75) is 25.9 Å². The molecule has 0 saturated carbocycles. The van der Waals surface area contributed by atoms with Gasteiger partial charge >= 0.3 is 0 Å². The van der Waals surface area contributed by atoms with Crippen LogP contribution in [0.4, 0.5) is 5.69 Å². The fourth-order valence-corrected chi connectivity index (χ4v) is 1.81. The van der Waals surface area contributed by atoms with Crippen molar-refractivity contribution in [2.75, 3.05) is 12.4 Å². The van der Waals surface area contributed by atoms with Crippen molar-refractivity contribution >= 4 is 11.6 Å². The minimum absolute atomic E-state index is 0.0638. The minimum Gasteiger partial charge on any atom is -0.378 e. The van der Waals surface area contributed by atoms with Crippen molar-refractivity contribution in [3.8, 4) is 11.3 Å². The van der Waals surface area contributed by atoms with Gasteiger partial charge in [0.15, 0.2) is 0 Å². The Labute approximate surface area is 118 Å². The summed E-state index contributed by atoms with van der Waals surface area (Å²) >= 11 is 0. The van der Waals surface area contributed by atoms with Crippen LogP contribution in [0.3, 0.4) is 0 Å². The SMILES string of the molecule is COC(C)(C)CC(=O)Nc1ccc(-c2ccn[nH]2)cc1. The third-order valence-electron chi connectivity index (χ3n) is 3.12. The molecule has 1 amide bonds. The minimum atomic E-state index is -0.458. The second-order valence-electron chi connectivity index (χ2n) is 5.24. The summed E-state index contributed by atoms with van der Waals surface area (Å²) in [5, 5.41) is 9.67. The van der Waals surface area contributed by atoms with Gasteiger partial charge in [0.1, 0.15) is 0 Å². The first-order valence-electron chi connectivity index (χ1n) is 6.45. The van der Waals surface area contributed by atoms with Crippen LogP contribution in [0.5, 0.6) is 0 Å². The van der Waals surface area contributed by atoms with Crippen LogP contribution < -0.4 is 5.32 Å². The van der Waals surface area contributed by atoms with E-state index in [1.807, 2.05) is 44.2 Å². The van der Waals surface area contributed by atoms with Crippen molar-refractivity contribution in [3.63, 3.8) is 0 Å². The summed E-state index contributed by atoms with van der Waals surface area (Å²) in [7, 11) is 1.60. The van der Waals surface area contributed by atoms with Gasteiger partial charge in [-0.3, -0.25) is 9.89 Å². The van der Waals surface area contributed by atoms with Crippen molar-refractivity contribution < 1.29 is 9.53 Å². The third kappa shape index (κ3) is 3.68. The normalized spacial score (nSPS) is 11.3. The monoisotopic (exact) mass is 273 g/mol. The average Bonchev–Trinajstić information content (AvgIpc) is 2.93. The summed E-state index contributed by atoms with van der Waals surface area (Å²) < 4.78 is 5.24. The molecular weight excluding hydrogens is 254 g/mol. The number of ether oxygens (including phenoxy) is 1. The summed E-state index contributed by atoms with van der Waals surface area (Å²) in [6, 6.07) is 9.51. The van der Waals surface area contributed by atoms with Gasteiger partial charge in [-0.2, -0.15) is 5.10 Å². The molecule has 0 bridgehead atoms. The number of H-pyrrole nitrogens is 1. The molecule has 0 fully saturated rings. The number of aromatic nitrogens is 2. The Hall–Kier alpha value is -2.14. The molecule has 1 aromatic carbocycles. The molecule has 2 aromatic rings. The Morgan fingerprint density at radius 2 is 2.00 bits per heavy atom. The number of rotatable bonds is 5. The van der Waals surface area contributed by atoms with E-state index in [2.05, 4.69) is 15.5 Å². The molecule has 2 N–H and O–H groups in total. The number of amides is 1. The van der Waals surface area contributed by atoms with Crippen LogP contribution in [0.15, 0.2) is 36.5 Å². The summed E-state index contributed by atoms with van der Waals surface area (Å²) in [5.41, 5.74) is 2.28. The van der Waals surface area contributed by atoms with E-state index in [4.69, 9.17) is 4.74 Å². The summed E-state index contributed by atoms with van der Waals surface area (Å²) in [6.45, 7) is 3.77. The number of methoxy groups -OCH3 is 1. The van der Waals surface area contributed by atoms with E-state index in [1.54, 1.807) is 13.3 Å². The number of nitrogens with zero attached hydrogens (tertiary/aromatic N) is 1. The molecule has 20 heavy (non-hydrogen) atoms. The van der Waals surface area contributed by atoms with E-state index in [-0.39, 0.29) is 5.91 Å². The number of aromatic amines is 1. The highest BCUT2D eigenvalue weighted by molar-refractivity contribution is 5.91.